The summed E-state index contributed by atoms with van der Waals surface area (Å²) in [5.74, 6) is -1.97. The van der Waals surface area contributed by atoms with E-state index in [9.17, 15) is 30.0 Å². The van der Waals surface area contributed by atoms with Crippen LogP contribution in [0.15, 0.2) is 53.4 Å². The Hall–Kier alpha value is -2.56. The van der Waals surface area contributed by atoms with Crippen molar-refractivity contribution in [2.75, 3.05) is 5.75 Å². The van der Waals surface area contributed by atoms with Gasteiger partial charge in [0.15, 0.2) is 5.75 Å². The number of carboxylic acids is 1. The van der Waals surface area contributed by atoms with E-state index in [-0.39, 0.29) is 16.2 Å². The molecule has 0 saturated heterocycles. The minimum atomic E-state index is -4.70. The molecule has 4 N–H and O–H groups in total. The fraction of sp³-hybridized carbons (Fsp3) is 0.188. The summed E-state index contributed by atoms with van der Waals surface area (Å²) in [6.45, 7) is 3.00. The highest BCUT2D eigenvalue weighted by Crippen LogP contribution is 2.19. The minimum Gasteiger partial charge on any atom is -0.478 e. The molecule has 0 aromatic heterocycles. The van der Waals surface area contributed by atoms with Crippen molar-refractivity contribution in [1.82, 2.24) is 0 Å². The van der Waals surface area contributed by atoms with Gasteiger partial charge in [0.2, 0.25) is 0 Å². The zero-order valence-corrected chi connectivity index (χ0v) is 18.6. The van der Waals surface area contributed by atoms with Crippen LogP contribution in [-0.2, 0) is 30.6 Å². The van der Waals surface area contributed by atoms with Crippen LogP contribution in [0.5, 0.6) is 5.75 Å². The molecule has 0 heterocycles. The van der Waals surface area contributed by atoms with Crippen molar-refractivity contribution in [3.8, 4) is 5.75 Å². The van der Waals surface area contributed by atoms with Crippen LogP contribution in [0, 0.1) is 6.92 Å². The molecule has 0 aliphatic carbocycles. The Bertz CT molecular complexity index is 1200. The fourth-order valence-electron chi connectivity index (χ4n) is 1.68. The topological polar surface area (TPSA) is 210 Å². The van der Waals surface area contributed by atoms with Gasteiger partial charge in [-0.3, -0.25) is 13.7 Å². The van der Waals surface area contributed by atoms with Crippen LogP contribution in [0.25, 0.3) is 0 Å². The zero-order valence-electron chi connectivity index (χ0n) is 16.1. The highest BCUT2D eigenvalue weighted by molar-refractivity contribution is 7.86. The summed E-state index contributed by atoms with van der Waals surface area (Å²) in [7, 11) is -12.4. The van der Waals surface area contributed by atoms with Crippen molar-refractivity contribution < 1.29 is 53.0 Å². The highest BCUT2D eigenvalue weighted by Gasteiger charge is 2.15. The lowest BCUT2D eigenvalue weighted by Gasteiger charge is -2.03. The van der Waals surface area contributed by atoms with Crippen molar-refractivity contribution in [2.24, 2.45) is 0 Å². The molecule has 2 aromatic carbocycles. The first-order valence-corrected chi connectivity index (χ1v) is 12.4. The Morgan fingerprint density at radius 2 is 1.32 bits per heavy atom. The van der Waals surface area contributed by atoms with Crippen LogP contribution in [0.4, 0.5) is 0 Å². The molecule has 0 spiro atoms. The number of aryl methyl sites for hydroxylation is 1. The third-order valence-electron chi connectivity index (χ3n) is 3.05. The van der Waals surface area contributed by atoms with Crippen LogP contribution in [-0.4, -0.2) is 55.7 Å². The lowest BCUT2D eigenvalue weighted by atomic mass is 10.2. The van der Waals surface area contributed by atoms with Crippen LogP contribution in [0.1, 0.15) is 22.8 Å². The van der Waals surface area contributed by atoms with Gasteiger partial charge >= 0.3 is 16.4 Å². The molecule has 2 rings (SSSR count). The maximum absolute atomic E-state index is 10.6. The van der Waals surface area contributed by atoms with Gasteiger partial charge in [0.25, 0.3) is 20.2 Å². The third-order valence-corrected chi connectivity index (χ3v) is 5.18. The van der Waals surface area contributed by atoms with Gasteiger partial charge in [-0.05, 0) is 37.6 Å². The molecule has 31 heavy (non-hydrogen) atoms. The highest BCUT2D eigenvalue weighted by atomic mass is 32.3. The van der Waals surface area contributed by atoms with E-state index in [0.29, 0.717) is 5.56 Å². The summed E-state index contributed by atoms with van der Waals surface area (Å²) in [6.07, 6.45) is 0. The standard InChI is InChI=1S/C7H6O6S.C7H8O3S.C2H6O3S/c8-7(9)5-3-1-2-4-6(5)13-14(10,11)12;1-6-4-2-3-5-7(6)11(8,9)10;1-2-6(3,4)5/h1-4H,(H,8,9)(H,10,11,12);2-5H,1H3,(H,8,9,10);2H2,1H3,(H,3,4,5). The number of para-hydroxylation sites is 1. The Labute approximate surface area is 179 Å². The van der Waals surface area contributed by atoms with Crippen LogP contribution >= 0.6 is 0 Å². The summed E-state index contributed by atoms with van der Waals surface area (Å²) in [4.78, 5) is 10.5. The summed E-state index contributed by atoms with van der Waals surface area (Å²) in [6, 6.07) is 11.3. The minimum absolute atomic E-state index is 0.0278. The van der Waals surface area contributed by atoms with E-state index >= 15 is 0 Å². The molecular formula is C16H20O12S3. The number of hydrogen-bond acceptors (Lipinski definition) is 8. The third kappa shape index (κ3) is 12.7. The van der Waals surface area contributed by atoms with Gasteiger partial charge in [-0.15, -0.1) is 0 Å². The lowest BCUT2D eigenvalue weighted by molar-refractivity contribution is 0.0695. The SMILES string of the molecule is CCS(=O)(=O)O.Cc1ccccc1S(=O)(=O)O.O=C(O)c1ccccc1OS(=O)(=O)O. The van der Waals surface area contributed by atoms with Gasteiger partial charge in [0.05, 0.1) is 10.6 Å². The Kier molecular flexibility index (Phi) is 10.8. The summed E-state index contributed by atoms with van der Waals surface area (Å²) in [5, 5.41) is 8.61. The second-order valence-electron chi connectivity index (χ2n) is 5.42. The molecule has 2 aromatic rings. The molecule has 0 fully saturated rings. The van der Waals surface area contributed by atoms with E-state index in [4.69, 9.17) is 18.8 Å². The van der Waals surface area contributed by atoms with E-state index in [1.807, 2.05) is 0 Å². The lowest BCUT2D eigenvalue weighted by Crippen LogP contribution is -2.10. The molecule has 174 valence electrons. The van der Waals surface area contributed by atoms with Crippen molar-refractivity contribution in [1.29, 1.82) is 0 Å². The van der Waals surface area contributed by atoms with E-state index in [0.717, 1.165) is 12.1 Å². The monoisotopic (exact) mass is 500 g/mol. The summed E-state index contributed by atoms with van der Waals surface area (Å²) < 4.78 is 89.8. The first-order valence-electron chi connectivity index (χ1n) is 7.95. The van der Waals surface area contributed by atoms with Gasteiger partial charge in [-0.1, -0.05) is 30.3 Å². The molecule has 12 nitrogen and oxygen atoms in total. The maximum atomic E-state index is 10.6. The average molecular weight is 501 g/mol. The van der Waals surface area contributed by atoms with Crippen LogP contribution in [0.3, 0.4) is 0 Å². The summed E-state index contributed by atoms with van der Waals surface area (Å²) >= 11 is 0. The predicted octanol–water partition coefficient (Wildman–Crippen LogP) is 1.70. The quantitative estimate of drug-likeness (QED) is 0.432. The molecule has 0 aliphatic rings. The maximum Gasteiger partial charge on any atom is 0.446 e. The Morgan fingerprint density at radius 1 is 0.871 bits per heavy atom. The van der Waals surface area contributed by atoms with Gasteiger partial charge in [-0.25, -0.2) is 4.79 Å². The van der Waals surface area contributed by atoms with Gasteiger partial charge in [0.1, 0.15) is 5.56 Å². The zero-order chi connectivity index (χ0) is 24.5. The molecule has 0 atom stereocenters. The molecule has 15 heteroatoms. The first kappa shape index (κ1) is 28.4. The second-order valence-corrected chi connectivity index (χ2v) is 9.58. The first-order chi connectivity index (χ1) is 14.0. The van der Waals surface area contributed by atoms with Gasteiger partial charge < -0.3 is 9.29 Å². The van der Waals surface area contributed by atoms with Gasteiger partial charge in [0, 0.05) is 0 Å². The Morgan fingerprint density at radius 3 is 1.68 bits per heavy atom. The molecule has 0 saturated carbocycles. The second kappa shape index (κ2) is 11.7. The number of aromatic carboxylic acids is 1. The smallest absolute Gasteiger partial charge is 0.446 e. The van der Waals surface area contributed by atoms with Crippen molar-refractivity contribution in [3.05, 3.63) is 59.7 Å². The van der Waals surface area contributed by atoms with Crippen molar-refractivity contribution in [2.45, 2.75) is 18.7 Å². The molecule has 0 amide bonds. The van der Waals surface area contributed by atoms with Crippen LogP contribution < -0.4 is 4.18 Å². The van der Waals surface area contributed by atoms with E-state index in [2.05, 4.69) is 4.18 Å². The average Bonchev–Trinajstić information content (AvgIpc) is 2.60. The van der Waals surface area contributed by atoms with Crippen LogP contribution in [0.2, 0.25) is 0 Å². The molecular weight excluding hydrogens is 480 g/mol. The van der Waals surface area contributed by atoms with Crippen molar-refractivity contribution >= 4 is 36.6 Å². The van der Waals surface area contributed by atoms with E-state index in [1.54, 1.807) is 25.1 Å². The molecule has 0 radical (unpaired) electrons. The number of carbonyl (C=O) groups is 1. The summed E-state index contributed by atoms with van der Waals surface area (Å²) in [5.41, 5.74) is 0.208. The number of benzene rings is 2. The van der Waals surface area contributed by atoms with Gasteiger partial charge in [-0.2, -0.15) is 25.3 Å². The number of rotatable bonds is 5. The molecule has 0 aliphatic heterocycles. The number of carboxylic acid groups (broad SMARTS) is 1. The molecule has 0 unspecified atom stereocenters. The Balaban J connectivity index is 0.000000472. The van der Waals surface area contributed by atoms with Crippen molar-refractivity contribution in [3.63, 3.8) is 0 Å². The van der Waals surface area contributed by atoms with E-state index < -0.39 is 42.4 Å². The predicted molar refractivity (Wildman–Crippen MR) is 109 cm³/mol. The number of hydrogen-bond donors (Lipinski definition) is 4. The normalized spacial score (nSPS) is 11.3. The molecule has 0 bridgehead atoms. The largest absolute Gasteiger partial charge is 0.478 e. The van der Waals surface area contributed by atoms with E-state index in [1.165, 1.54) is 25.1 Å². The fourth-order valence-corrected chi connectivity index (χ4v) is 2.77.